The Bertz CT molecular complexity index is 421. The molecule has 0 bridgehead atoms. The van der Waals surface area contributed by atoms with E-state index in [9.17, 15) is 0 Å². The Morgan fingerprint density at radius 2 is 2.06 bits per heavy atom. The molecule has 0 atom stereocenters. The largest absolute Gasteiger partial charge is 0.314 e. The molecule has 2 fully saturated rings. The van der Waals surface area contributed by atoms with Crippen molar-refractivity contribution < 1.29 is 0 Å². The summed E-state index contributed by atoms with van der Waals surface area (Å²) in [6.07, 6.45) is 2.78. The predicted octanol–water partition coefficient (Wildman–Crippen LogP) is 2.75. The number of rotatable bonds is 3. The Hall–Kier alpha value is -0.860. The minimum absolute atomic E-state index is 0.273. The number of hydrogen-bond acceptors (Lipinski definition) is 2. The molecule has 0 aromatic heterocycles. The van der Waals surface area contributed by atoms with Crippen LogP contribution < -0.4 is 5.32 Å². The van der Waals surface area contributed by atoms with Crippen molar-refractivity contribution in [2.75, 3.05) is 19.6 Å². The summed E-state index contributed by atoms with van der Waals surface area (Å²) in [6, 6.07) is 9.05. The highest BCUT2D eigenvalue weighted by Gasteiger charge is 2.31. The Kier molecular flexibility index (Phi) is 3.16. The van der Waals surface area contributed by atoms with Crippen molar-refractivity contribution in [2.24, 2.45) is 0 Å². The average Bonchev–Trinajstić information content (AvgIpc) is 3.16. The van der Waals surface area contributed by atoms with Crippen LogP contribution in [0.4, 0.5) is 0 Å². The second-order valence-corrected chi connectivity index (χ2v) is 6.38. The first-order valence-corrected chi connectivity index (χ1v) is 7.20. The lowest BCUT2D eigenvalue weighted by molar-refractivity contribution is 0.0825. The van der Waals surface area contributed by atoms with Gasteiger partial charge in [0, 0.05) is 31.7 Å². The zero-order valence-electron chi connectivity index (χ0n) is 11.6. The molecule has 1 heterocycles. The van der Waals surface area contributed by atoms with Crippen molar-refractivity contribution in [2.45, 2.75) is 44.7 Å². The summed E-state index contributed by atoms with van der Waals surface area (Å²) in [4.78, 5) is 2.63. The molecule has 0 unspecified atom stereocenters. The van der Waals surface area contributed by atoms with Crippen LogP contribution in [0.1, 0.15) is 43.7 Å². The first-order chi connectivity index (χ1) is 8.67. The van der Waals surface area contributed by atoms with Gasteiger partial charge in [0.15, 0.2) is 0 Å². The normalized spacial score (nSPS) is 24.1. The number of hydrogen-bond donors (Lipinski definition) is 1. The quantitative estimate of drug-likeness (QED) is 0.879. The summed E-state index contributed by atoms with van der Waals surface area (Å²) in [5.41, 5.74) is 3.43. The van der Waals surface area contributed by atoms with E-state index in [0.717, 1.165) is 32.1 Å². The zero-order chi connectivity index (χ0) is 12.6. The highest BCUT2D eigenvalue weighted by molar-refractivity contribution is 5.33. The molecule has 1 aromatic rings. The molecule has 0 spiro atoms. The van der Waals surface area contributed by atoms with E-state index < -0.39 is 0 Å². The highest BCUT2D eigenvalue weighted by Crippen LogP contribution is 2.42. The Labute approximate surface area is 110 Å². The summed E-state index contributed by atoms with van der Waals surface area (Å²) < 4.78 is 0. The standard InChI is InChI=1S/C16H24N2/c1-16(2)12-17-9-10-18(16)11-14-5-3-4-6-15(14)13-7-8-13/h3-6,13,17H,7-12H2,1-2H3. The molecule has 2 aliphatic rings. The van der Waals surface area contributed by atoms with E-state index in [2.05, 4.69) is 48.3 Å². The molecule has 2 nitrogen and oxygen atoms in total. The van der Waals surface area contributed by atoms with Gasteiger partial charge in [0.2, 0.25) is 0 Å². The maximum atomic E-state index is 3.50. The van der Waals surface area contributed by atoms with E-state index in [-0.39, 0.29) is 5.54 Å². The van der Waals surface area contributed by atoms with Gasteiger partial charge in [-0.15, -0.1) is 0 Å². The lowest BCUT2D eigenvalue weighted by Crippen LogP contribution is -2.57. The summed E-state index contributed by atoms with van der Waals surface area (Å²) in [5, 5.41) is 3.50. The molecule has 2 heteroatoms. The summed E-state index contributed by atoms with van der Waals surface area (Å²) >= 11 is 0. The Balaban J connectivity index is 1.79. The molecule has 1 aromatic carbocycles. The molecule has 1 aliphatic heterocycles. The van der Waals surface area contributed by atoms with Crippen LogP contribution in [-0.2, 0) is 6.54 Å². The first kappa shape index (κ1) is 12.2. The van der Waals surface area contributed by atoms with Crippen LogP contribution in [0.2, 0.25) is 0 Å². The SMILES string of the molecule is CC1(C)CNCCN1Cc1ccccc1C1CC1. The second kappa shape index (κ2) is 4.67. The molecular formula is C16H24N2. The third-order valence-corrected chi connectivity index (χ3v) is 4.41. The van der Waals surface area contributed by atoms with Gasteiger partial charge in [-0.1, -0.05) is 24.3 Å². The van der Waals surface area contributed by atoms with Gasteiger partial charge < -0.3 is 5.32 Å². The maximum Gasteiger partial charge on any atom is 0.0281 e. The summed E-state index contributed by atoms with van der Waals surface area (Å²) in [6.45, 7) is 9.18. The number of nitrogens with zero attached hydrogens (tertiary/aromatic N) is 1. The molecule has 3 rings (SSSR count). The van der Waals surface area contributed by atoms with Crippen molar-refractivity contribution in [3.8, 4) is 0 Å². The number of nitrogens with one attached hydrogen (secondary N) is 1. The molecular weight excluding hydrogens is 220 g/mol. The summed E-state index contributed by atoms with van der Waals surface area (Å²) in [5.74, 6) is 0.854. The molecule has 18 heavy (non-hydrogen) atoms. The van der Waals surface area contributed by atoms with Crippen LogP contribution >= 0.6 is 0 Å². The molecule has 1 saturated heterocycles. The van der Waals surface area contributed by atoms with Crippen molar-refractivity contribution in [1.82, 2.24) is 10.2 Å². The molecule has 1 N–H and O–H groups in total. The van der Waals surface area contributed by atoms with Crippen molar-refractivity contribution in [3.63, 3.8) is 0 Å². The van der Waals surface area contributed by atoms with Gasteiger partial charge in [-0.2, -0.15) is 0 Å². The van der Waals surface area contributed by atoms with Crippen LogP contribution in [0.15, 0.2) is 24.3 Å². The van der Waals surface area contributed by atoms with Gasteiger partial charge in [-0.05, 0) is 43.7 Å². The predicted molar refractivity (Wildman–Crippen MR) is 75.8 cm³/mol. The molecule has 0 radical (unpaired) electrons. The fourth-order valence-corrected chi connectivity index (χ4v) is 2.99. The van der Waals surface area contributed by atoms with Crippen molar-refractivity contribution >= 4 is 0 Å². The van der Waals surface area contributed by atoms with E-state index in [0.29, 0.717) is 0 Å². The maximum absolute atomic E-state index is 3.50. The number of piperazine rings is 1. The minimum atomic E-state index is 0.273. The molecule has 98 valence electrons. The van der Waals surface area contributed by atoms with E-state index in [4.69, 9.17) is 0 Å². The highest BCUT2D eigenvalue weighted by atomic mass is 15.2. The summed E-state index contributed by atoms with van der Waals surface area (Å²) in [7, 11) is 0. The number of benzene rings is 1. The molecule has 1 aliphatic carbocycles. The van der Waals surface area contributed by atoms with Gasteiger partial charge in [0.1, 0.15) is 0 Å². The lowest BCUT2D eigenvalue weighted by Gasteiger charge is -2.43. The van der Waals surface area contributed by atoms with Gasteiger partial charge in [-0.3, -0.25) is 4.90 Å². The third kappa shape index (κ3) is 2.45. The molecule has 0 amide bonds. The van der Waals surface area contributed by atoms with Crippen LogP contribution in [0.5, 0.6) is 0 Å². The van der Waals surface area contributed by atoms with E-state index in [1.54, 1.807) is 11.1 Å². The van der Waals surface area contributed by atoms with Gasteiger partial charge >= 0.3 is 0 Å². The fraction of sp³-hybridized carbons (Fsp3) is 0.625. The van der Waals surface area contributed by atoms with Crippen LogP contribution in [0.3, 0.4) is 0 Å². The van der Waals surface area contributed by atoms with Crippen LogP contribution in [-0.4, -0.2) is 30.1 Å². The van der Waals surface area contributed by atoms with E-state index in [1.165, 1.54) is 12.8 Å². The first-order valence-electron chi connectivity index (χ1n) is 7.20. The molecule has 1 saturated carbocycles. The fourth-order valence-electron chi connectivity index (χ4n) is 2.99. The Morgan fingerprint density at radius 3 is 2.78 bits per heavy atom. The van der Waals surface area contributed by atoms with Crippen molar-refractivity contribution in [3.05, 3.63) is 35.4 Å². The smallest absolute Gasteiger partial charge is 0.0281 e. The minimum Gasteiger partial charge on any atom is -0.314 e. The Morgan fingerprint density at radius 1 is 1.28 bits per heavy atom. The van der Waals surface area contributed by atoms with E-state index in [1.807, 2.05) is 0 Å². The zero-order valence-corrected chi connectivity index (χ0v) is 11.6. The van der Waals surface area contributed by atoms with E-state index >= 15 is 0 Å². The van der Waals surface area contributed by atoms with Crippen LogP contribution in [0, 0.1) is 0 Å². The average molecular weight is 244 g/mol. The van der Waals surface area contributed by atoms with Gasteiger partial charge in [0.25, 0.3) is 0 Å². The second-order valence-electron chi connectivity index (χ2n) is 6.38. The topological polar surface area (TPSA) is 15.3 Å². The van der Waals surface area contributed by atoms with Gasteiger partial charge in [-0.25, -0.2) is 0 Å². The lowest BCUT2D eigenvalue weighted by atomic mass is 9.97. The van der Waals surface area contributed by atoms with Crippen molar-refractivity contribution in [1.29, 1.82) is 0 Å². The third-order valence-electron chi connectivity index (χ3n) is 4.41. The van der Waals surface area contributed by atoms with Crippen LogP contribution in [0.25, 0.3) is 0 Å². The van der Waals surface area contributed by atoms with Gasteiger partial charge in [0.05, 0.1) is 0 Å². The monoisotopic (exact) mass is 244 g/mol.